The van der Waals surface area contributed by atoms with E-state index < -0.39 is 6.10 Å². The second kappa shape index (κ2) is 34.1. The van der Waals surface area contributed by atoms with E-state index in [0.29, 0.717) is 19.6 Å². The quantitative estimate of drug-likeness (QED) is 0.0501. The van der Waals surface area contributed by atoms with Crippen molar-refractivity contribution < 1.29 is 19.4 Å². The molecule has 4 heteroatoms. The first-order valence-corrected chi connectivity index (χ1v) is 17.4. The van der Waals surface area contributed by atoms with Gasteiger partial charge >= 0.3 is 5.97 Å². The van der Waals surface area contributed by atoms with Crippen LogP contribution in [-0.2, 0) is 14.3 Å². The van der Waals surface area contributed by atoms with Gasteiger partial charge < -0.3 is 14.6 Å². The van der Waals surface area contributed by atoms with Crippen LogP contribution in [0.4, 0.5) is 0 Å². The minimum absolute atomic E-state index is 0.175. The predicted molar refractivity (Wildman–Crippen MR) is 173 cm³/mol. The van der Waals surface area contributed by atoms with Gasteiger partial charge in [-0.3, -0.25) is 4.79 Å². The average molecular weight is 565 g/mol. The average Bonchev–Trinajstić information content (AvgIpc) is 2.96. The molecule has 0 bridgehead atoms. The molecule has 0 radical (unpaired) electrons. The van der Waals surface area contributed by atoms with E-state index in [1.807, 2.05) is 0 Å². The van der Waals surface area contributed by atoms with Crippen LogP contribution in [0.2, 0.25) is 0 Å². The van der Waals surface area contributed by atoms with Gasteiger partial charge in [-0.2, -0.15) is 0 Å². The Morgan fingerprint density at radius 2 is 0.975 bits per heavy atom. The van der Waals surface area contributed by atoms with Crippen molar-refractivity contribution in [1.82, 2.24) is 0 Å². The second-order valence-electron chi connectivity index (χ2n) is 11.6. The monoisotopic (exact) mass is 565 g/mol. The standard InChI is InChI=1S/C36H68O4/c1-3-5-7-9-11-13-15-17-18-20-22-24-26-28-30-32-39-34-35(33-37)40-36(38)31-29-27-25-23-21-19-16-14-12-10-8-6-4-2/h14-17,35,37H,3-13,18-34H2,1-2H3/b16-14-,17-15-. The first kappa shape index (κ1) is 38.9. The number of hydrogen-bond donors (Lipinski definition) is 1. The van der Waals surface area contributed by atoms with Gasteiger partial charge in [-0.25, -0.2) is 0 Å². The zero-order valence-corrected chi connectivity index (χ0v) is 26.9. The van der Waals surface area contributed by atoms with Crippen molar-refractivity contribution in [2.75, 3.05) is 19.8 Å². The van der Waals surface area contributed by atoms with Crippen LogP contribution in [0.15, 0.2) is 24.3 Å². The fourth-order valence-electron chi connectivity index (χ4n) is 4.84. The highest BCUT2D eigenvalue weighted by atomic mass is 16.6. The Balaban J connectivity index is 3.46. The van der Waals surface area contributed by atoms with E-state index in [1.54, 1.807) is 0 Å². The fourth-order valence-corrected chi connectivity index (χ4v) is 4.84. The van der Waals surface area contributed by atoms with E-state index in [4.69, 9.17) is 9.47 Å². The van der Waals surface area contributed by atoms with Crippen LogP contribution in [0, 0.1) is 0 Å². The SMILES string of the molecule is CCCCCC/C=C\CCCCCCCC(=O)OC(CO)COCCCCCCCC/C=C\CCCCCCC. The predicted octanol–water partition coefficient (Wildman–Crippen LogP) is 10.8. The topological polar surface area (TPSA) is 55.8 Å². The maximum absolute atomic E-state index is 12.1. The minimum Gasteiger partial charge on any atom is -0.457 e. The Hall–Kier alpha value is -1.13. The molecule has 1 unspecified atom stereocenters. The molecule has 0 heterocycles. The third-order valence-corrected chi connectivity index (χ3v) is 7.50. The van der Waals surface area contributed by atoms with Gasteiger partial charge in [0, 0.05) is 13.0 Å². The van der Waals surface area contributed by atoms with Gasteiger partial charge in [0.05, 0.1) is 13.2 Å². The van der Waals surface area contributed by atoms with Gasteiger partial charge in [-0.15, -0.1) is 0 Å². The number of carbonyl (C=O) groups is 1. The van der Waals surface area contributed by atoms with Crippen LogP contribution in [0.1, 0.15) is 174 Å². The molecule has 0 fully saturated rings. The molecule has 0 spiro atoms. The summed E-state index contributed by atoms with van der Waals surface area (Å²) in [5, 5.41) is 9.53. The van der Waals surface area contributed by atoms with Crippen LogP contribution in [0.25, 0.3) is 0 Å². The molecule has 0 aromatic carbocycles. The van der Waals surface area contributed by atoms with Crippen LogP contribution < -0.4 is 0 Å². The lowest BCUT2D eigenvalue weighted by Gasteiger charge is -2.15. The summed E-state index contributed by atoms with van der Waals surface area (Å²) in [5.74, 6) is -0.213. The summed E-state index contributed by atoms with van der Waals surface area (Å²) in [6.45, 7) is 5.30. The molecule has 0 aromatic rings. The van der Waals surface area contributed by atoms with Crippen molar-refractivity contribution in [3.8, 4) is 0 Å². The van der Waals surface area contributed by atoms with E-state index >= 15 is 0 Å². The third-order valence-electron chi connectivity index (χ3n) is 7.50. The highest BCUT2D eigenvalue weighted by Crippen LogP contribution is 2.11. The smallest absolute Gasteiger partial charge is 0.306 e. The normalized spacial score (nSPS) is 12.6. The molecular formula is C36H68O4. The molecule has 1 atom stereocenters. The summed E-state index contributed by atoms with van der Waals surface area (Å²) < 4.78 is 11.1. The lowest BCUT2D eigenvalue weighted by molar-refractivity contribution is -0.154. The van der Waals surface area contributed by atoms with Crippen LogP contribution in [0.5, 0.6) is 0 Å². The molecular weight excluding hydrogens is 496 g/mol. The molecule has 236 valence electrons. The summed E-state index contributed by atoms with van der Waals surface area (Å²) in [7, 11) is 0. The number of rotatable bonds is 32. The van der Waals surface area contributed by atoms with E-state index in [1.165, 1.54) is 135 Å². The Morgan fingerprint density at radius 1 is 0.575 bits per heavy atom. The maximum atomic E-state index is 12.1. The van der Waals surface area contributed by atoms with E-state index in [-0.39, 0.29) is 12.6 Å². The highest BCUT2D eigenvalue weighted by Gasteiger charge is 2.13. The number of unbranched alkanes of at least 4 members (excludes halogenated alkanes) is 20. The van der Waals surface area contributed by atoms with Crippen molar-refractivity contribution in [2.24, 2.45) is 0 Å². The Bertz CT molecular complexity index is 557. The molecule has 0 amide bonds. The van der Waals surface area contributed by atoms with Gasteiger partial charge in [0.25, 0.3) is 0 Å². The van der Waals surface area contributed by atoms with Crippen molar-refractivity contribution in [3.63, 3.8) is 0 Å². The summed E-state index contributed by atoms with van der Waals surface area (Å²) in [6, 6.07) is 0. The second-order valence-corrected chi connectivity index (χ2v) is 11.6. The molecule has 0 aliphatic carbocycles. The van der Waals surface area contributed by atoms with E-state index in [2.05, 4.69) is 38.2 Å². The molecule has 40 heavy (non-hydrogen) atoms. The van der Waals surface area contributed by atoms with Gasteiger partial charge in [-0.1, -0.05) is 128 Å². The molecule has 0 saturated carbocycles. The number of aliphatic hydroxyl groups excluding tert-OH is 1. The summed E-state index contributed by atoms with van der Waals surface area (Å²) in [4.78, 5) is 12.1. The maximum Gasteiger partial charge on any atom is 0.306 e. The van der Waals surface area contributed by atoms with Gasteiger partial charge in [-0.05, 0) is 64.2 Å². The number of hydrogen-bond acceptors (Lipinski definition) is 4. The Morgan fingerprint density at radius 3 is 1.45 bits per heavy atom. The summed E-state index contributed by atoms with van der Waals surface area (Å²) >= 11 is 0. The van der Waals surface area contributed by atoms with E-state index in [0.717, 1.165) is 19.3 Å². The van der Waals surface area contributed by atoms with Crippen molar-refractivity contribution in [3.05, 3.63) is 24.3 Å². The fraction of sp³-hybridized carbons (Fsp3) is 0.861. The number of ether oxygens (including phenoxy) is 2. The molecule has 0 rings (SSSR count). The summed E-state index contributed by atoms with van der Waals surface area (Å²) in [6.07, 6.45) is 39.2. The lowest BCUT2D eigenvalue weighted by atomic mass is 10.1. The molecule has 0 saturated heterocycles. The molecule has 1 N–H and O–H groups in total. The first-order chi connectivity index (χ1) is 19.7. The van der Waals surface area contributed by atoms with Crippen molar-refractivity contribution in [1.29, 1.82) is 0 Å². The van der Waals surface area contributed by atoms with Crippen LogP contribution in [0.3, 0.4) is 0 Å². The van der Waals surface area contributed by atoms with E-state index in [9.17, 15) is 9.90 Å². The Labute approximate surface area is 249 Å². The highest BCUT2D eigenvalue weighted by molar-refractivity contribution is 5.69. The van der Waals surface area contributed by atoms with Gasteiger partial charge in [0.2, 0.25) is 0 Å². The van der Waals surface area contributed by atoms with Gasteiger partial charge in [0.1, 0.15) is 6.10 Å². The van der Waals surface area contributed by atoms with Crippen molar-refractivity contribution in [2.45, 2.75) is 180 Å². The van der Waals surface area contributed by atoms with Crippen LogP contribution in [-0.4, -0.2) is 37.0 Å². The first-order valence-electron chi connectivity index (χ1n) is 17.4. The zero-order chi connectivity index (χ0) is 29.2. The molecule has 4 nitrogen and oxygen atoms in total. The minimum atomic E-state index is -0.536. The summed E-state index contributed by atoms with van der Waals surface area (Å²) in [5.41, 5.74) is 0. The number of allylic oxidation sites excluding steroid dienone is 4. The zero-order valence-electron chi connectivity index (χ0n) is 26.9. The van der Waals surface area contributed by atoms with Gasteiger partial charge in [0.15, 0.2) is 0 Å². The van der Waals surface area contributed by atoms with Crippen molar-refractivity contribution >= 4 is 5.97 Å². The molecule has 0 aliphatic rings. The number of esters is 1. The number of aliphatic hydroxyl groups is 1. The largest absolute Gasteiger partial charge is 0.457 e. The number of carbonyl (C=O) groups excluding carboxylic acids is 1. The molecule has 0 aliphatic heterocycles. The Kier molecular flexibility index (Phi) is 33.1. The molecule has 0 aromatic heterocycles. The lowest BCUT2D eigenvalue weighted by Crippen LogP contribution is -2.27. The van der Waals surface area contributed by atoms with Crippen LogP contribution >= 0.6 is 0 Å². The third kappa shape index (κ3) is 31.4.